The summed E-state index contributed by atoms with van der Waals surface area (Å²) in [4.78, 5) is 2.48. The average molecular weight is 226 g/mol. The molecular weight excluding hydrogens is 200 g/mol. The van der Waals surface area contributed by atoms with Gasteiger partial charge in [-0.2, -0.15) is 0 Å². The van der Waals surface area contributed by atoms with Gasteiger partial charge in [-0.15, -0.1) is 0 Å². The highest BCUT2D eigenvalue weighted by molar-refractivity contribution is 4.85. The summed E-state index contributed by atoms with van der Waals surface area (Å²) in [5.41, 5.74) is 0. The van der Waals surface area contributed by atoms with Gasteiger partial charge in [0.05, 0.1) is 12.2 Å². The van der Waals surface area contributed by atoms with Gasteiger partial charge in [0.2, 0.25) is 0 Å². The number of ether oxygens (including phenoxy) is 1. The molecule has 0 spiro atoms. The Hall–Kier alpha value is -0.120. The highest BCUT2D eigenvalue weighted by atomic mass is 16.5. The lowest BCUT2D eigenvalue weighted by Gasteiger charge is -2.21. The topological polar surface area (TPSA) is 24.5 Å². The van der Waals surface area contributed by atoms with Crippen molar-refractivity contribution in [3.63, 3.8) is 0 Å². The summed E-state index contributed by atoms with van der Waals surface area (Å²) >= 11 is 0. The monoisotopic (exact) mass is 226 g/mol. The molecule has 1 aliphatic heterocycles. The fourth-order valence-electron chi connectivity index (χ4n) is 2.42. The molecule has 2 fully saturated rings. The molecule has 2 unspecified atom stereocenters. The van der Waals surface area contributed by atoms with Gasteiger partial charge < -0.3 is 15.0 Å². The van der Waals surface area contributed by atoms with Gasteiger partial charge >= 0.3 is 0 Å². The Morgan fingerprint density at radius 3 is 2.50 bits per heavy atom. The van der Waals surface area contributed by atoms with E-state index in [4.69, 9.17) is 4.74 Å². The summed E-state index contributed by atoms with van der Waals surface area (Å²) in [6.07, 6.45) is 6.16. The summed E-state index contributed by atoms with van der Waals surface area (Å²) in [6.45, 7) is 6.52. The number of hydrogen-bond donors (Lipinski definition) is 1. The lowest BCUT2D eigenvalue weighted by molar-refractivity contribution is 0.0258. The molecule has 2 atom stereocenters. The van der Waals surface area contributed by atoms with Crippen molar-refractivity contribution < 1.29 is 4.74 Å². The third-order valence-corrected chi connectivity index (χ3v) is 3.61. The SMILES string of the molecule is CC(C)NCC1CCC(CN(C)C2CC2)O1. The molecule has 16 heavy (non-hydrogen) atoms. The first-order valence-corrected chi connectivity index (χ1v) is 6.74. The van der Waals surface area contributed by atoms with Crippen molar-refractivity contribution in [2.24, 2.45) is 0 Å². The van der Waals surface area contributed by atoms with Crippen LogP contribution in [-0.4, -0.2) is 49.3 Å². The van der Waals surface area contributed by atoms with E-state index in [0.29, 0.717) is 18.2 Å². The van der Waals surface area contributed by atoms with Crippen LogP contribution in [0.2, 0.25) is 0 Å². The normalized spacial score (nSPS) is 30.6. The van der Waals surface area contributed by atoms with Crippen molar-refractivity contribution in [2.75, 3.05) is 20.1 Å². The van der Waals surface area contributed by atoms with E-state index in [9.17, 15) is 0 Å². The lowest BCUT2D eigenvalue weighted by atomic mass is 10.2. The van der Waals surface area contributed by atoms with Crippen molar-refractivity contribution in [1.82, 2.24) is 10.2 Å². The Morgan fingerprint density at radius 2 is 1.88 bits per heavy atom. The van der Waals surface area contributed by atoms with E-state index in [-0.39, 0.29) is 0 Å². The van der Waals surface area contributed by atoms with Gasteiger partial charge in [0.1, 0.15) is 0 Å². The lowest BCUT2D eigenvalue weighted by Crippen LogP contribution is -2.34. The zero-order valence-electron chi connectivity index (χ0n) is 10.9. The molecule has 0 amide bonds. The van der Waals surface area contributed by atoms with E-state index < -0.39 is 0 Å². The molecule has 2 rings (SSSR count). The maximum atomic E-state index is 6.06. The molecule has 0 bridgehead atoms. The summed E-state index contributed by atoms with van der Waals surface area (Å²) in [5, 5.41) is 3.46. The fourth-order valence-corrected chi connectivity index (χ4v) is 2.42. The largest absolute Gasteiger partial charge is 0.372 e. The van der Waals surface area contributed by atoms with E-state index in [2.05, 4.69) is 31.1 Å². The van der Waals surface area contributed by atoms with Gasteiger partial charge in [-0.1, -0.05) is 13.8 Å². The molecular formula is C13H26N2O. The molecule has 3 nitrogen and oxygen atoms in total. The molecule has 0 aromatic carbocycles. The van der Waals surface area contributed by atoms with Crippen LogP contribution in [-0.2, 0) is 4.74 Å². The number of rotatable bonds is 6. The first-order chi connectivity index (χ1) is 7.65. The van der Waals surface area contributed by atoms with Crippen molar-refractivity contribution in [1.29, 1.82) is 0 Å². The van der Waals surface area contributed by atoms with E-state index in [0.717, 1.165) is 19.1 Å². The quantitative estimate of drug-likeness (QED) is 0.745. The maximum absolute atomic E-state index is 6.06. The second-order valence-electron chi connectivity index (χ2n) is 5.69. The van der Waals surface area contributed by atoms with Crippen LogP contribution in [0, 0.1) is 0 Å². The molecule has 1 aliphatic carbocycles. The Balaban J connectivity index is 1.62. The number of nitrogens with zero attached hydrogens (tertiary/aromatic N) is 1. The Morgan fingerprint density at radius 1 is 1.19 bits per heavy atom. The smallest absolute Gasteiger partial charge is 0.0707 e. The molecule has 0 radical (unpaired) electrons. The molecule has 2 aliphatic rings. The number of hydrogen-bond acceptors (Lipinski definition) is 3. The summed E-state index contributed by atoms with van der Waals surface area (Å²) in [7, 11) is 2.24. The molecule has 1 saturated carbocycles. The highest BCUT2D eigenvalue weighted by Crippen LogP contribution is 2.27. The van der Waals surface area contributed by atoms with E-state index in [1.54, 1.807) is 0 Å². The van der Waals surface area contributed by atoms with Gasteiger partial charge in [-0.3, -0.25) is 0 Å². The van der Waals surface area contributed by atoms with Crippen LogP contribution in [0.4, 0.5) is 0 Å². The minimum absolute atomic E-state index is 0.444. The Bertz CT molecular complexity index is 216. The van der Waals surface area contributed by atoms with Crippen LogP contribution in [0.3, 0.4) is 0 Å². The first kappa shape index (κ1) is 12.3. The average Bonchev–Trinajstić information content (AvgIpc) is 2.98. The molecule has 0 aromatic rings. The second kappa shape index (κ2) is 5.48. The third-order valence-electron chi connectivity index (χ3n) is 3.61. The van der Waals surface area contributed by atoms with Crippen molar-refractivity contribution in [2.45, 2.75) is 63.8 Å². The van der Waals surface area contributed by atoms with Crippen LogP contribution in [0.5, 0.6) is 0 Å². The van der Waals surface area contributed by atoms with Gasteiger partial charge in [-0.05, 0) is 32.7 Å². The maximum Gasteiger partial charge on any atom is 0.0707 e. The van der Waals surface area contributed by atoms with E-state index in [1.807, 2.05) is 0 Å². The summed E-state index contributed by atoms with van der Waals surface area (Å²) in [6, 6.07) is 1.42. The van der Waals surface area contributed by atoms with E-state index >= 15 is 0 Å². The van der Waals surface area contributed by atoms with Crippen LogP contribution in [0.1, 0.15) is 39.5 Å². The molecule has 1 N–H and O–H groups in total. The van der Waals surface area contributed by atoms with Crippen LogP contribution in [0.25, 0.3) is 0 Å². The minimum Gasteiger partial charge on any atom is -0.372 e. The predicted octanol–water partition coefficient (Wildman–Crippen LogP) is 1.63. The van der Waals surface area contributed by atoms with E-state index in [1.165, 1.54) is 25.7 Å². The molecule has 94 valence electrons. The fraction of sp³-hybridized carbons (Fsp3) is 1.00. The van der Waals surface area contributed by atoms with Gasteiger partial charge in [-0.25, -0.2) is 0 Å². The Kier molecular flexibility index (Phi) is 4.22. The predicted molar refractivity (Wildman–Crippen MR) is 66.7 cm³/mol. The highest BCUT2D eigenvalue weighted by Gasteiger charge is 2.31. The van der Waals surface area contributed by atoms with Crippen LogP contribution >= 0.6 is 0 Å². The standard InChI is InChI=1S/C13H26N2O/c1-10(2)14-8-12-6-7-13(16-12)9-15(3)11-4-5-11/h10-14H,4-9H2,1-3H3. The molecule has 0 aromatic heterocycles. The zero-order valence-corrected chi connectivity index (χ0v) is 10.9. The number of nitrogens with one attached hydrogen (secondary N) is 1. The molecule has 3 heteroatoms. The van der Waals surface area contributed by atoms with Crippen LogP contribution < -0.4 is 5.32 Å². The van der Waals surface area contributed by atoms with Crippen molar-refractivity contribution >= 4 is 0 Å². The first-order valence-electron chi connectivity index (χ1n) is 6.74. The third kappa shape index (κ3) is 3.72. The molecule has 1 heterocycles. The van der Waals surface area contributed by atoms with Crippen molar-refractivity contribution in [3.05, 3.63) is 0 Å². The van der Waals surface area contributed by atoms with Gasteiger partial charge in [0.15, 0.2) is 0 Å². The zero-order chi connectivity index (χ0) is 11.5. The Labute approximate surface area is 99.5 Å². The second-order valence-corrected chi connectivity index (χ2v) is 5.69. The minimum atomic E-state index is 0.444. The summed E-state index contributed by atoms with van der Waals surface area (Å²) < 4.78 is 6.06. The number of likely N-dealkylation sites (N-methyl/N-ethyl adjacent to an activating group) is 1. The summed E-state index contributed by atoms with van der Waals surface area (Å²) in [5.74, 6) is 0. The van der Waals surface area contributed by atoms with Crippen LogP contribution in [0.15, 0.2) is 0 Å². The van der Waals surface area contributed by atoms with Crippen molar-refractivity contribution in [3.8, 4) is 0 Å². The molecule has 1 saturated heterocycles. The van der Waals surface area contributed by atoms with Gasteiger partial charge in [0, 0.05) is 25.2 Å². The van der Waals surface area contributed by atoms with Gasteiger partial charge in [0.25, 0.3) is 0 Å².